The van der Waals surface area contributed by atoms with E-state index in [0.717, 1.165) is 5.56 Å². The van der Waals surface area contributed by atoms with E-state index in [2.05, 4.69) is 4.98 Å². The number of hydrogen-bond donors (Lipinski definition) is 0. The third kappa shape index (κ3) is 4.97. The number of carbonyl (C=O) groups excluding carboxylic acids is 2. The van der Waals surface area contributed by atoms with Gasteiger partial charge in [0.25, 0.3) is 5.91 Å². The summed E-state index contributed by atoms with van der Waals surface area (Å²) in [5.74, 6) is -1.10. The van der Waals surface area contributed by atoms with Crippen LogP contribution in [-0.2, 0) is 9.53 Å². The molecule has 0 spiro atoms. The number of halogens is 1. The number of carbonyl (C=O) groups is 2. The summed E-state index contributed by atoms with van der Waals surface area (Å²) in [6.45, 7) is 0.908. The van der Waals surface area contributed by atoms with Crippen LogP contribution in [0.25, 0.3) is 0 Å². The Morgan fingerprint density at radius 2 is 1.61 bits per heavy atom. The van der Waals surface area contributed by atoms with Crippen LogP contribution in [0.4, 0.5) is 4.39 Å². The predicted octanol–water partition coefficient (Wildman–Crippen LogP) is 4.41. The van der Waals surface area contributed by atoms with Gasteiger partial charge in [0.15, 0.2) is 6.10 Å². The number of likely N-dealkylation sites (tertiary alicyclic amines) is 1. The third-order valence-electron chi connectivity index (χ3n) is 5.50. The van der Waals surface area contributed by atoms with Crippen molar-refractivity contribution < 1.29 is 18.7 Å². The van der Waals surface area contributed by atoms with Crippen LogP contribution >= 0.6 is 0 Å². The lowest BCUT2D eigenvalue weighted by atomic mass is 9.96. The fourth-order valence-corrected chi connectivity index (χ4v) is 3.76. The van der Waals surface area contributed by atoms with Gasteiger partial charge < -0.3 is 9.64 Å². The number of rotatable bonds is 5. The van der Waals surface area contributed by atoms with Gasteiger partial charge in [-0.25, -0.2) is 4.39 Å². The lowest BCUT2D eigenvalue weighted by Gasteiger charge is -2.31. The van der Waals surface area contributed by atoms with E-state index in [1.165, 1.54) is 24.3 Å². The largest absolute Gasteiger partial charge is 0.451 e. The topological polar surface area (TPSA) is 59.5 Å². The number of esters is 1. The number of amides is 1. The quantitative estimate of drug-likeness (QED) is 0.576. The van der Waals surface area contributed by atoms with Crippen LogP contribution in [0.15, 0.2) is 79.0 Å². The van der Waals surface area contributed by atoms with E-state index in [4.69, 9.17) is 4.74 Å². The molecule has 2 aromatic carbocycles. The maximum atomic E-state index is 13.1. The Balaban J connectivity index is 1.40. The van der Waals surface area contributed by atoms with E-state index in [0.29, 0.717) is 37.2 Å². The van der Waals surface area contributed by atoms with Gasteiger partial charge in [0.05, 0.1) is 11.6 Å². The van der Waals surface area contributed by atoms with E-state index in [1.54, 1.807) is 11.1 Å². The molecule has 0 aliphatic carbocycles. The summed E-state index contributed by atoms with van der Waals surface area (Å²) >= 11 is 0. The van der Waals surface area contributed by atoms with Crippen LogP contribution in [0.5, 0.6) is 0 Å². The molecule has 0 unspecified atom stereocenters. The molecule has 4 rings (SSSR count). The van der Waals surface area contributed by atoms with Crippen molar-refractivity contribution in [1.82, 2.24) is 9.88 Å². The number of benzene rings is 2. The molecule has 1 atom stereocenters. The van der Waals surface area contributed by atoms with Gasteiger partial charge in [-0.2, -0.15) is 0 Å². The van der Waals surface area contributed by atoms with Crippen LogP contribution in [-0.4, -0.2) is 34.8 Å². The predicted molar refractivity (Wildman–Crippen MR) is 114 cm³/mol. The van der Waals surface area contributed by atoms with Crippen molar-refractivity contribution in [2.24, 2.45) is 5.92 Å². The second kappa shape index (κ2) is 9.51. The first-order valence-electron chi connectivity index (χ1n) is 10.3. The number of nitrogens with zero attached hydrogens (tertiary/aromatic N) is 2. The van der Waals surface area contributed by atoms with Gasteiger partial charge in [-0.15, -0.1) is 0 Å². The van der Waals surface area contributed by atoms with E-state index >= 15 is 0 Å². The highest BCUT2D eigenvalue weighted by atomic mass is 19.1. The fourth-order valence-electron chi connectivity index (χ4n) is 3.76. The third-order valence-corrected chi connectivity index (χ3v) is 5.50. The summed E-state index contributed by atoms with van der Waals surface area (Å²) in [4.78, 5) is 31.6. The molecule has 0 radical (unpaired) electrons. The summed E-state index contributed by atoms with van der Waals surface area (Å²) in [6.07, 6.45) is 2.15. The van der Waals surface area contributed by atoms with Crippen LogP contribution in [0.2, 0.25) is 0 Å². The zero-order chi connectivity index (χ0) is 21.6. The minimum Gasteiger partial charge on any atom is -0.451 e. The minimum atomic E-state index is -0.575. The molecule has 6 heteroatoms. The second-order valence-electron chi connectivity index (χ2n) is 7.56. The Kier molecular flexibility index (Phi) is 6.36. The number of piperidine rings is 1. The Bertz CT molecular complexity index is 978. The Morgan fingerprint density at radius 3 is 2.26 bits per heavy atom. The molecule has 0 bridgehead atoms. The Morgan fingerprint density at radius 1 is 0.935 bits per heavy atom. The van der Waals surface area contributed by atoms with E-state index < -0.39 is 6.10 Å². The molecule has 2 heterocycles. The number of pyridine rings is 1. The molecule has 1 fully saturated rings. The normalized spacial score (nSPS) is 15.3. The molecule has 1 aliphatic heterocycles. The smallest absolute Gasteiger partial charge is 0.310 e. The molecule has 0 N–H and O–H groups in total. The van der Waals surface area contributed by atoms with Gasteiger partial charge in [0.2, 0.25) is 0 Å². The summed E-state index contributed by atoms with van der Waals surface area (Å²) in [5, 5.41) is 0. The maximum absolute atomic E-state index is 13.1. The van der Waals surface area contributed by atoms with Gasteiger partial charge in [0, 0.05) is 24.8 Å². The SMILES string of the molecule is O=C(O[C@H](c1ccccc1)c1ccccn1)C1CCN(C(=O)c2ccc(F)cc2)CC1. The average Bonchev–Trinajstić information content (AvgIpc) is 2.83. The molecule has 1 aliphatic rings. The molecule has 3 aromatic rings. The van der Waals surface area contributed by atoms with Gasteiger partial charge in [-0.05, 0) is 54.8 Å². The van der Waals surface area contributed by atoms with Crippen LogP contribution in [0.1, 0.15) is 40.6 Å². The summed E-state index contributed by atoms with van der Waals surface area (Å²) in [5.41, 5.74) is 1.98. The fraction of sp³-hybridized carbons (Fsp3) is 0.240. The summed E-state index contributed by atoms with van der Waals surface area (Å²) in [7, 11) is 0. The lowest BCUT2D eigenvalue weighted by molar-refractivity contribution is -0.154. The average molecular weight is 418 g/mol. The van der Waals surface area contributed by atoms with Gasteiger partial charge in [-0.3, -0.25) is 14.6 Å². The molecular formula is C25H23FN2O3. The van der Waals surface area contributed by atoms with Crippen molar-refractivity contribution >= 4 is 11.9 Å². The first-order chi connectivity index (χ1) is 15.1. The van der Waals surface area contributed by atoms with Gasteiger partial charge in [0.1, 0.15) is 5.82 Å². The Hall–Kier alpha value is -3.54. The summed E-state index contributed by atoms with van der Waals surface area (Å²) < 4.78 is 19.0. The standard InChI is InChI=1S/C25H23FN2O3/c26-21-11-9-19(10-12-21)24(29)28-16-13-20(14-17-28)25(30)31-23(18-6-2-1-3-7-18)22-8-4-5-15-27-22/h1-12,15,20,23H,13-14,16-17H2/t23-/m1/s1. The maximum Gasteiger partial charge on any atom is 0.310 e. The van der Waals surface area contributed by atoms with Crippen LogP contribution in [0, 0.1) is 11.7 Å². The molecule has 158 valence electrons. The number of aromatic nitrogens is 1. The highest BCUT2D eigenvalue weighted by Gasteiger charge is 2.31. The number of hydrogen-bond acceptors (Lipinski definition) is 4. The van der Waals surface area contributed by atoms with E-state index in [1.807, 2.05) is 48.5 Å². The van der Waals surface area contributed by atoms with Crippen molar-refractivity contribution in [3.05, 3.63) is 102 Å². The zero-order valence-corrected chi connectivity index (χ0v) is 17.0. The van der Waals surface area contributed by atoms with Crippen molar-refractivity contribution in [2.75, 3.05) is 13.1 Å². The second-order valence-corrected chi connectivity index (χ2v) is 7.56. The lowest BCUT2D eigenvalue weighted by Crippen LogP contribution is -2.40. The molecule has 0 saturated carbocycles. The van der Waals surface area contributed by atoms with Gasteiger partial charge >= 0.3 is 5.97 Å². The van der Waals surface area contributed by atoms with Crippen LogP contribution in [0.3, 0.4) is 0 Å². The molecule has 1 saturated heterocycles. The van der Waals surface area contributed by atoms with Crippen molar-refractivity contribution in [1.29, 1.82) is 0 Å². The molecule has 1 amide bonds. The zero-order valence-electron chi connectivity index (χ0n) is 17.0. The molecule has 1 aromatic heterocycles. The van der Waals surface area contributed by atoms with Crippen molar-refractivity contribution in [2.45, 2.75) is 18.9 Å². The van der Waals surface area contributed by atoms with E-state index in [9.17, 15) is 14.0 Å². The summed E-state index contributed by atoms with van der Waals surface area (Å²) in [6, 6.07) is 20.6. The molecule has 5 nitrogen and oxygen atoms in total. The minimum absolute atomic E-state index is 0.150. The first-order valence-corrected chi connectivity index (χ1v) is 10.3. The molecule has 31 heavy (non-hydrogen) atoms. The Labute approximate surface area is 180 Å². The number of ether oxygens (including phenoxy) is 1. The van der Waals surface area contributed by atoms with Gasteiger partial charge in [-0.1, -0.05) is 36.4 Å². The monoisotopic (exact) mass is 418 g/mol. The van der Waals surface area contributed by atoms with Crippen LogP contribution < -0.4 is 0 Å². The first kappa shape index (κ1) is 20.7. The highest BCUT2D eigenvalue weighted by Crippen LogP contribution is 2.28. The van der Waals surface area contributed by atoms with Crippen molar-refractivity contribution in [3.63, 3.8) is 0 Å². The van der Waals surface area contributed by atoms with E-state index in [-0.39, 0.29) is 23.6 Å². The van der Waals surface area contributed by atoms with Crippen molar-refractivity contribution in [3.8, 4) is 0 Å². The molecular weight excluding hydrogens is 395 g/mol. The highest BCUT2D eigenvalue weighted by molar-refractivity contribution is 5.94.